The summed E-state index contributed by atoms with van der Waals surface area (Å²) in [7, 11) is 0. The number of carbonyl (C=O) groups is 2. The molecule has 0 radical (unpaired) electrons. The summed E-state index contributed by atoms with van der Waals surface area (Å²) in [5, 5.41) is 8.05. The van der Waals surface area contributed by atoms with E-state index in [0.717, 1.165) is 5.56 Å². The van der Waals surface area contributed by atoms with Gasteiger partial charge >= 0.3 is 6.03 Å². The van der Waals surface area contributed by atoms with Crippen LogP contribution in [-0.2, 0) is 22.7 Å². The Labute approximate surface area is 146 Å². The van der Waals surface area contributed by atoms with Crippen LogP contribution in [0.3, 0.4) is 0 Å². The summed E-state index contributed by atoms with van der Waals surface area (Å²) in [6, 6.07) is 9.74. The van der Waals surface area contributed by atoms with Crippen molar-refractivity contribution in [1.82, 2.24) is 10.6 Å². The van der Waals surface area contributed by atoms with E-state index in [1.807, 2.05) is 25.1 Å². The van der Waals surface area contributed by atoms with Gasteiger partial charge in [0.2, 0.25) is 5.91 Å². The lowest BCUT2D eigenvalue weighted by Crippen LogP contribution is -2.46. The van der Waals surface area contributed by atoms with E-state index in [9.17, 15) is 9.59 Å². The Morgan fingerprint density at radius 1 is 1.20 bits per heavy atom. The maximum atomic E-state index is 12.1. The van der Waals surface area contributed by atoms with Crippen LogP contribution in [0.4, 0.5) is 10.5 Å². The number of urea groups is 1. The van der Waals surface area contributed by atoms with E-state index < -0.39 is 12.1 Å². The summed E-state index contributed by atoms with van der Waals surface area (Å²) >= 11 is 0. The van der Waals surface area contributed by atoms with Gasteiger partial charge in [-0.15, -0.1) is 0 Å². The molecule has 0 bridgehead atoms. The first-order chi connectivity index (χ1) is 12.1. The zero-order valence-corrected chi connectivity index (χ0v) is 14.4. The number of carbonyl (C=O) groups excluding carboxylic acids is 2. The third-order valence-corrected chi connectivity index (χ3v) is 3.49. The van der Waals surface area contributed by atoms with Crippen LogP contribution in [-0.4, -0.2) is 24.6 Å². The predicted octanol–water partition coefficient (Wildman–Crippen LogP) is 2.64. The fourth-order valence-electron chi connectivity index (χ4n) is 2.14. The maximum Gasteiger partial charge on any atom is 0.319 e. The Hall–Kier alpha value is -2.80. The van der Waals surface area contributed by atoms with Crippen molar-refractivity contribution < 1.29 is 18.7 Å². The molecular weight excluding hydrogens is 322 g/mol. The van der Waals surface area contributed by atoms with Crippen LogP contribution in [0.15, 0.2) is 47.1 Å². The van der Waals surface area contributed by atoms with E-state index in [0.29, 0.717) is 24.7 Å². The SMILES string of the molecule is CCOCc1ccccc1NC(=O)N[C@@H](C)C(=O)NCc1ccco1. The lowest BCUT2D eigenvalue weighted by Gasteiger charge is -2.16. The van der Waals surface area contributed by atoms with Gasteiger partial charge in [0.15, 0.2) is 0 Å². The van der Waals surface area contributed by atoms with Gasteiger partial charge in [-0.25, -0.2) is 4.79 Å². The molecule has 2 aromatic rings. The second-order valence-corrected chi connectivity index (χ2v) is 5.41. The van der Waals surface area contributed by atoms with Crippen molar-refractivity contribution in [3.8, 4) is 0 Å². The lowest BCUT2D eigenvalue weighted by atomic mass is 10.2. The standard InChI is InChI=1S/C18H23N3O4/c1-3-24-12-14-7-4-5-9-16(14)21-18(23)20-13(2)17(22)19-11-15-8-6-10-25-15/h4-10,13H,3,11-12H2,1-2H3,(H,19,22)(H2,20,21,23)/t13-/m0/s1. The molecule has 134 valence electrons. The lowest BCUT2D eigenvalue weighted by molar-refractivity contribution is -0.122. The average Bonchev–Trinajstić information content (AvgIpc) is 3.12. The van der Waals surface area contributed by atoms with E-state index in [2.05, 4.69) is 16.0 Å². The zero-order chi connectivity index (χ0) is 18.1. The van der Waals surface area contributed by atoms with E-state index in [-0.39, 0.29) is 12.5 Å². The maximum absolute atomic E-state index is 12.1. The highest BCUT2D eigenvalue weighted by Gasteiger charge is 2.16. The van der Waals surface area contributed by atoms with E-state index in [1.165, 1.54) is 6.26 Å². The molecule has 0 aliphatic rings. The van der Waals surface area contributed by atoms with Crippen molar-refractivity contribution in [2.24, 2.45) is 0 Å². The highest BCUT2D eigenvalue weighted by molar-refractivity contribution is 5.94. The topological polar surface area (TPSA) is 92.6 Å². The van der Waals surface area contributed by atoms with Crippen LogP contribution in [0, 0.1) is 0 Å². The van der Waals surface area contributed by atoms with Gasteiger partial charge in [0.25, 0.3) is 0 Å². The number of para-hydroxylation sites is 1. The number of ether oxygens (including phenoxy) is 1. The smallest absolute Gasteiger partial charge is 0.319 e. The summed E-state index contributed by atoms with van der Waals surface area (Å²) in [6.07, 6.45) is 1.54. The largest absolute Gasteiger partial charge is 0.467 e. The third-order valence-electron chi connectivity index (χ3n) is 3.49. The van der Waals surface area contributed by atoms with E-state index in [1.54, 1.807) is 25.1 Å². The second kappa shape index (κ2) is 9.48. The fourth-order valence-corrected chi connectivity index (χ4v) is 2.14. The summed E-state index contributed by atoms with van der Waals surface area (Å²) in [5.41, 5.74) is 1.52. The molecule has 0 saturated carbocycles. The molecule has 1 aromatic heterocycles. The Balaban J connectivity index is 1.83. The number of anilines is 1. The first-order valence-corrected chi connectivity index (χ1v) is 8.13. The van der Waals surface area contributed by atoms with Crippen molar-refractivity contribution in [3.05, 3.63) is 54.0 Å². The molecule has 2 rings (SSSR count). The summed E-state index contributed by atoms with van der Waals surface area (Å²) in [5.74, 6) is 0.351. The Morgan fingerprint density at radius 2 is 2.00 bits per heavy atom. The molecule has 0 aliphatic heterocycles. The van der Waals surface area contributed by atoms with Gasteiger partial charge in [-0.2, -0.15) is 0 Å². The molecule has 1 heterocycles. The van der Waals surface area contributed by atoms with Crippen molar-refractivity contribution in [2.75, 3.05) is 11.9 Å². The minimum atomic E-state index is -0.686. The summed E-state index contributed by atoms with van der Waals surface area (Å²) in [4.78, 5) is 24.1. The van der Waals surface area contributed by atoms with Crippen LogP contribution in [0.5, 0.6) is 0 Å². The molecule has 0 unspecified atom stereocenters. The second-order valence-electron chi connectivity index (χ2n) is 5.41. The molecule has 7 heteroatoms. The van der Waals surface area contributed by atoms with Crippen LogP contribution in [0.1, 0.15) is 25.2 Å². The van der Waals surface area contributed by atoms with Crippen molar-refractivity contribution >= 4 is 17.6 Å². The first-order valence-electron chi connectivity index (χ1n) is 8.13. The van der Waals surface area contributed by atoms with Gasteiger partial charge in [-0.05, 0) is 32.0 Å². The summed E-state index contributed by atoms with van der Waals surface area (Å²) in [6.45, 7) is 4.80. The van der Waals surface area contributed by atoms with Gasteiger partial charge in [0.1, 0.15) is 11.8 Å². The number of benzene rings is 1. The quantitative estimate of drug-likeness (QED) is 0.686. The molecule has 3 N–H and O–H groups in total. The van der Waals surface area contributed by atoms with Crippen molar-refractivity contribution in [2.45, 2.75) is 33.0 Å². The van der Waals surface area contributed by atoms with Gasteiger partial charge in [-0.3, -0.25) is 4.79 Å². The molecule has 0 fully saturated rings. The molecular formula is C18H23N3O4. The number of amides is 3. The molecule has 7 nitrogen and oxygen atoms in total. The Bertz CT molecular complexity index is 685. The van der Waals surface area contributed by atoms with E-state index >= 15 is 0 Å². The highest BCUT2D eigenvalue weighted by Crippen LogP contribution is 2.15. The number of rotatable bonds is 8. The molecule has 25 heavy (non-hydrogen) atoms. The van der Waals surface area contributed by atoms with Crippen molar-refractivity contribution in [3.63, 3.8) is 0 Å². The molecule has 1 atom stereocenters. The number of furan rings is 1. The molecule has 0 aliphatic carbocycles. The van der Waals surface area contributed by atoms with Gasteiger partial charge < -0.3 is 25.1 Å². The number of hydrogen-bond acceptors (Lipinski definition) is 4. The van der Waals surface area contributed by atoms with Gasteiger partial charge in [0, 0.05) is 17.9 Å². The minimum Gasteiger partial charge on any atom is -0.467 e. The average molecular weight is 345 g/mol. The van der Waals surface area contributed by atoms with Crippen LogP contribution in [0.2, 0.25) is 0 Å². The summed E-state index contributed by atoms with van der Waals surface area (Å²) < 4.78 is 10.5. The third kappa shape index (κ3) is 5.96. The minimum absolute atomic E-state index is 0.274. The first kappa shape index (κ1) is 18.5. The van der Waals surface area contributed by atoms with Gasteiger partial charge in [-0.1, -0.05) is 18.2 Å². The fraction of sp³-hybridized carbons (Fsp3) is 0.333. The molecule has 3 amide bonds. The monoisotopic (exact) mass is 345 g/mol. The number of nitrogens with one attached hydrogen (secondary N) is 3. The molecule has 0 spiro atoms. The Morgan fingerprint density at radius 3 is 2.72 bits per heavy atom. The highest BCUT2D eigenvalue weighted by atomic mass is 16.5. The van der Waals surface area contributed by atoms with Crippen LogP contribution in [0.25, 0.3) is 0 Å². The molecule has 1 aromatic carbocycles. The van der Waals surface area contributed by atoms with Crippen LogP contribution < -0.4 is 16.0 Å². The van der Waals surface area contributed by atoms with E-state index in [4.69, 9.17) is 9.15 Å². The van der Waals surface area contributed by atoms with Crippen molar-refractivity contribution in [1.29, 1.82) is 0 Å². The normalized spacial score (nSPS) is 11.6. The molecule has 0 saturated heterocycles. The van der Waals surface area contributed by atoms with Gasteiger partial charge in [0.05, 0.1) is 19.4 Å². The zero-order valence-electron chi connectivity index (χ0n) is 14.4. The predicted molar refractivity (Wildman–Crippen MR) is 93.9 cm³/mol. The Kier molecular flexibility index (Phi) is 7.03. The van der Waals surface area contributed by atoms with Crippen LogP contribution >= 0.6 is 0 Å². The number of hydrogen-bond donors (Lipinski definition) is 3.